The Bertz CT molecular complexity index is 1200. The largest absolute Gasteiger partial charge is 0.497 e. The summed E-state index contributed by atoms with van der Waals surface area (Å²) < 4.78 is 5.39. The zero-order chi connectivity index (χ0) is 26.2. The van der Waals surface area contributed by atoms with Gasteiger partial charge >= 0.3 is 0 Å². The molecule has 6 heteroatoms. The maximum Gasteiger partial charge on any atom is 0.159 e. The van der Waals surface area contributed by atoms with E-state index < -0.39 is 5.60 Å². The zero-order valence-corrected chi connectivity index (χ0v) is 23.4. The summed E-state index contributed by atoms with van der Waals surface area (Å²) in [5.74, 6) is 3.97. The van der Waals surface area contributed by atoms with Gasteiger partial charge in [-0.3, -0.25) is 4.79 Å². The van der Waals surface area contributed by atoms with Crippen LogP contribution in [0.4, 0.5) is 0 Å². The topological polar surface area (TPSA) is 77.2 Å². The van der Waals surface area contributed by atoms with Gasteiger partial charge in [0.05, 0.1) is 12.7 Å². The molecule has 0 saturated heterocycles. The average molecular weight is 508 g/mol. The van der Waals surface area contributed by atoms with Crippen LogP contribution in [0.1, 0.15) is 90.5 Å². The number of aryl methyl sites for hydroxylation is 1. The third-order valence-corrected chi connectivity index (χ3v) is 11.9. The van der Waals surface area contributed by atoms with E-state index in [0.717, 1.165) is 59.9 Å². The first kappa shape index (κ1) is 25.3. The molecule has 0 unspecified atom stereocenters. The molecular formula is C31H45N3O3. The van der Waals surface area contributed by atoms with Crippen molar-refractivity contribution in [3.8, 4) is 5.75 Å². The van der Waals surface area contributed by atoms with E-state index in [9.17, 15) is 9.90 Å². The summed E-state index contributed by atoms with van der Waals surface area (Å²) in [4.78, 5) is 15.4. The number of hydrogen-bond donors (Lipinski definition) is 1. The van der Waals surface area contributed by atoms with Gasteiger partial charge in [-0.05, 0) is 124 Å². The van der Waals surface area contributed by atoms with Crippen LogP contribution in [0.3, 0.4) is 0 Å². The van der Waals surface area contributed by atoms with Crippen molar-refractivity contribution in [2.75, 3.05) is 7.11 Å². The number of Topliss-reactive ketones (excluding diaryl/α,β-unsaturated/α-hetero) is 1. The van der Waals surface area contributed by atoms with Gasteiger partial charge in [0.1, 0.15) is 23.3 Å². The van der Waals surface area contributed by atoms with Crippen LogP contribution < -0.4 is 4.74 Å². The van der Waals surface area contributed by atoms with Gasteiger partial charge in [0.25, 0.3) is 0 Å². The van der Waals surface area contributed by atoms with Gasteiger partial charge in [0.15, 0.2) is 5.78 Å². The zero-order valence-electron chi connectivity index (χ0n) is 23.4. The van der Waals surface area contributed by atoms with Crippen molar-refractivity contribution in [2.45, 2.75) is 104 Å². The number of aliphatic hydroxyl groups is 1. The monoisotopic (exact) mass is 507 g/mol. The number of nitrogens with zero attached hydrogens (tertiary/aromatic N) is 3. The summed E-state index contributed by atoms with van der Waals surface area (Å²) in [6.07, 6.45) is 11.5. The van der Waals surface area contributed by atoms with Crippen LogP contribution in [-0.2, 0) is 11.3 Å². The van der Waals surface area contributed by atoms with Crippen molar-refractivity contribution in [1.29, 1.82) is 0 Å². The number of benzene rings is 1. The molecule has 202 valence electrons. The van der Waals surface area contributed by atoms with Crippen LogP contribution in [0, 0.1) is 47.3 Å². The molecule has 2 aromatic rings. The second-order valence-corrected chi connectivity index (χ2v) is 13.6. The molecule has 4 aliphatic rings. The fourth-order valence-corrected chi connectivity index (χ4v) is 10.1. The first-order chi connectivity index (χ1) is 17.6. The fraction of sp³-hybridized carbons (Fsp3) is 0.774. The van der Waals surface area contributed by atoms with Crippen molar-refractivity contribution >= 4 is 16.8 Å². The Morgan fingerprint density at radius 1 is 1.08 bits per heavy atom. The molecule has 1 aromatic carbocycles. The summed E-state index contributed by atoms with van der Waals surface area (Å²) in [7, 11) is 1.66. The number of methoxy groups -OCH3 is 1. The highest BCUT2D eigenvalue weighted by molar-refractivity contribution is 5.83. The van der Waals surface area contributed by atoms with Gasteiger partial charge in [0, 0.05) is 12.0 Å². The molecular weight excluding hydrogens is 462 g/mol. The average Bonchev–Trinajstić information content (AvgIpc) is 3.43. The molecule has 1 heterocycles. The van der Waals surface area contributed by atoms with E-state index >= 15 is 0 Å². The Labute approximate surface area is 221 Å². The summed E-state index contributed by atoms with van der Waals surface area (Å²) in [5.41, 5.74) is 2.65. The molecule has 4 aliphatic carbocycles. The normalized spacial score (nSPS) is 41.2. The standard InChI is InChI=1S/C31H45N3O3/c1-6-31-14-13-29(3,36)17-20(31)7-8-22-23-9-10-25(30(23,4)12-11-24(22)31)27(35)18-34-32-26-16-21(37-5)15-19(2)28(26)33-34/h15-16,20,22-25,36H,6-14,17-18H2,1-5H3/t20-,22-,23-,24-,25+,29+,30-,31-/m0/s1. The van der Waals surface area contributed by atoms with Crippen LogP contribution in [0.5, 0.6) is 5.75 Å². The van der Waals surface area contributed by atoms with Gasteiger partial charge < -0.3 is 9.84 Å². The van der Waals surface area contributed by atoms with Gasteiger partial charge in [-0.25, -0.2) is 0 Å². The van der Waals surface area contributed by atoms with Gasteiger partial charge in [-0.1, -0.05) is 13.8 Å². The Balaban J connectivity index is 1.21. The number of aromatic nitrogens is 3. The highest BCUT2D eigenvalue weighted by Gasteiger charge is 2.62. The molecule has 4 fully saturated rings. The number of ketones is 1. The molecule has 0 aliphatic heterocycles. The summed E-state index contributed by atoms with van der Waals surface area (Å²) in [6.45, 7) is 9.16. The van der Waals surface area contributed by atoms with Crippen LogP contribution >= 0.6 is 0 Å². The van der Waals surface area contributed by atoms with Crippen LogP contribution in [0.15, 0.2) is 12.1 Å². The Hall–Kier alpha value is -1.95. The first-order valence-corrected chi connectivity index (χ1v) is 14.7. The number of ether oxygens (including phenoxy) is 1. The summed E-state index contributed by atoms with van der Waals surface area (Å²) in [6, 6.07) is 3.87. The molecule has 6 rings (SSSR count). The van der Waals surface area contributed by atoms with E-state index in [1.165, 1.54) is 38.5 Å². The van der Waals surface area contributed by atoms with E-state index in [0.29, 0.717) is 23.0 Å². The van der Waals surface area contributed by atoms with Gasteiger partial charge in [0.2, 0.25) is 0 Å². The van der Waals surface area contributed by atoms with Crippen LogP contribution in [0.25, 0.3) is 11.0 Å². The van der Waals surface area contributed by atoms with E-state index in [1.54, 1.807) is 11.9 Å². The number of rotatable bonds is 5. The van der Waals surface area contributed by atoms with Crippen molar-refractivity contribution in [3.05, 3.63) is 17.7 Å². The number of carbonyl (C=O) groups is 1. The maximum absolute atomic E-state index is 13.8. The highest BCUT2D eigenvalue weighted by atomic mass is 16.5. The lowest BCUT2D eigenvalue weighted by atomic mass is 9.42. The first-order valence-electron chi connectivity index (χ1n) is 14.7. The fourth-order valence-electron chi connectivity index (χ4n) is 10.1. The molecule has 8 atom stereocenters. The smallest absolute Gasteiger partial charge is 0.159 e. The third kappa shape index (κ3) is 3.87. The maximum atomic E-state index is 13.8. The van der Waals surface area contributed by atoms with E-state index in [4.69, 9.17) is 4.74 Å². The summed E-state index contributed by atoms with van der Waals surface area (Å²) in [5, 5.41) is 20.2. The second kappa shape index (κ2) is 8.79. The molecule has 6 nitrogen and oxygen atoms in total. The lowest BCUT2D eigenvalue weighted by Crippen LogP contribution is -2.56. The van der Waals surface area contributed by atoms with Crippen molar-refractivity contribution < 1.29 is 14.6 Å². The highest BCUT2D eigenvalue weighted by Crippen LogP contribution is 2.69. The molecule has 37 heavy (non-hydrogen) atoms. The predicted molar refractivity (Wildman–Crippen MR) is 144 cm³/mol. The number of fused-ring (bicyclic) bond motifs is 6. The lowest BCUT2D eigenvalue weighted by molar-refractivity contribution is -0.158. The Kier molecular flexibility index (Phi) is 6.02. The molecule has 4 saturated carbocycles. The molecule has 0 spiro atoms. The minimum atomic E-state index is -0.487. The van der Waals surface area contributed by atoms with Crippen LogP contribution in [0.2, 0.25) is 0 Å². The second-order valence-electron chi connectivity index (χ2n) is 13.6. The third-order valence-electron chi connectivity index (χ3n) is 11.9. The minimum absolute atomic E-state index is 0.0892. The molecule has 1 aromatic heterocycles. The van der Waals surface area contributed by atoms with Crippen LogP contribution in [-0.4, -0.2) is 38.6 Å². The molecule has 0 bridgehead atoms. The summed E-state index contributed by atoms with van der Waals surface area (Å²) >= 11 is 0. The van der Waals surface area contributed by atoms with Gasteiger partial charge in [-0.15, -0.1) is 0 Å². The van der Waals surface area contributed by atoms with Gasteiger partial charge in [-0.2, -0.15) is 15.0 Å². The minimum Gasteiger partial charge on any atom is -0.497 e. The lowest BCUT2D eigenvalue weighted by Gasteiger charge is -2.63. The SMILES string of the molecule is CC[C@]12CC[C@@](C)(O)C[C@@H]1CC[C@H]1[C@@H]3CC[C@H](C(=O)Cn4nc5cc(OC)cc(C)c5n4)[C@@]3(C)CC[C@@H]12. The van der Waals surface area contributed by atoms with Crippen molar-refractivity contribution in [3.63, 3.8) is 0 Å². The quantitative estimate of drug-likeness (QED) is 0.528. The van der Waals surface area contributed by atoms with E-state index in [-0.39, 0.29) is 17.9 Å². The molecule has 0 radical (unpaired) electrons. The van der Waals surface area contributed by atoms with Crippen molar-refractivity contribution in [1.82, 2.24) is 15.0 Å². The number of hydrogen-bond acceptors (Lipinski definition) is 5. The molecule has 1 N–H and O–H groups in total. The molecule has 0 amide bonds. The number of carbonyl (C=O) groups excluding carboxylic acids is 1. The Morgan fingerprint density at radius 3 is 2.65 bits per heavy atom. The van der Waals surface area contributed by atoms with E-state index in [1.807, 2.05) is 19.1 Å². The van der Waals surface area contributed by atoms with Crippen molar-refractivity contribution in [2.24, 2.45) is 40.4 Å². The van der Waals surface area contributed by atoms with E-state index in [2.05, 4.69) is 31.0 Å². The Morgan fingerprint density at radius 2 is 1.89 bits per heavy atom. The predicted octanol–water partition coefficient (Wildman–Crippen LogP) is 6.12.